The topological polar surface area (TPSA) is 38.0 Å². The number of hydrazine groups is 1. The van der Waals surface area contributed by atoms with Gasteiger partial charge in [0.2, 0.25) is 0 Å². The summed E-state index contributed by atoms with van der Waals surface area (Å²) in [7, 11) is 0. The van der Waals surface area contributed by atoms with Crippen LogP contribution >= 0.6 is 23.2 Å². The van der Waals surface area contributed by atoms with Gasteiger partial charge in [-0.15, -0.1) is 0 Å². The second-order valence-corrected chi connectivity index (χ2v) is 5.48. The molecule has 2 nitrogen and oxygen atoms in total. The Kier molecular flexibility index (Phi) is 5.38. The number of benzene rings is 2. The van der Waals surface area contributed by atoms with Crippen LogP contribution in [0.5, 0.6) is 0 Å². The second kappa shape index (κ2) is 7.04. The highest BCUT2D eigenvalue weighted by Crippen LogP contribution is 2.22. The molecule has 0 aromatic heterocycles. The van der Waals surface area contributed by atoms with Gasteiger partial charge in [0, 0.05) is 16.1 Å². The van der Waals surface area contributed by atoms with Crippen LogP contribution in [-0.2, 0) is 12.8 Å². The van der Waals surface area contributed by atoms with Crippen LogP contribution in [0.3, 0.4) is 0 Å². The lowest BCUT2D eigenvalue weighted by molar-refractivity contribution is 0.520. The summed E-state index contributed by atoms with van der Waals surface area (Å²) >= 11 is 12.0. The minimum absolute atomic E-state index is 0.0320. The van der Waals surface area contributed by atoms with Crippen LogP contribution in [0.1, 0.15) is 11.1 Å². The fourth-order valence-corrected chi connectivity index (χ4v) is 2.58. The van der Waals surface area contributed by atoms with Crippen molar-refractivity contribution in [2.24, 2.45) is 5.84 Å². The van der Waals surface area contributed by atoms with E-state index in [2.05, 4.69) is 5.43 Å². The van der Waals surface area contributed by atoms with Crippen LogP contribution in [0.2, 0.25) is 10.0 Å². The van der Waals surface area contributed by atoms with Crippen LogP contribution in [-0.4, -0.2) is 6.04 Å². The largest absolute Gasteiger partial charge is 0.271 e. The van der Waals surface area contributed by atoms with Crippen LogP contribution in [0.4, 0.5) is 4.39 Å². The quantitative estimate of drug-likeness (QED) is 0.652. The molecule has 3 N–H and O–H groups in total. The molecule has 20 heavy (non-hydrogen) atoms. The molecule has 0 amide bonds. The molecule has 1 unspecified atom stereocenters. The molecule has 106 valence electrons. The Morgan fingerprint density at radius 3 is 2.55 bits per heavy atom. The van der Waals surface area contributed by atoms with Gasteiger partial charge < -0.3 is 0 Å². The lowest BCUT2D eigenvalue weighted by Crippen LogP contribution is -2.38. The number of nitrogens with one attached hydrogen (secondary N) is 1. The third-order valence-electron chi connectivity index (χ3n) is 3.09. The molecule has 1 atom stereocenters. The fourth-order valence-electron chi connectivity index (χ4n) is 2.09. The number of nitrogens with two attached hydrogens (primary N) is 1. The zero-order chi connectivity index (χ0) is 14.5. The van der Waals surface area contributed by atoms with E-state index in [9.17, 15) is 4.39 Å². The SMILES string of the molecule is NNC(Cc1cccc(F)c1)Cc1ccc(Cl)cc1Cl. The van der Waals surface area contributed by atoms with Gasteiger partial charge >= 0.3 is 0 Å². The first-order chi connectivity index (χ1) is 9.58. The van der Waals surface area contributed by atoms with Gasteiger partial charge in [-0.2, -0.15) is 0 Å². The van der Waals surface area contributed by atoms with Gasteiger partial charge in [0.05, 0.1) is 0 Å². The molecule has 0 saturated heterocycles. The highest BCUT2D eigenvalue weighted by atomic mass is 35.5. The molecule has 5 heteroatoms. The summed E-state index contributed by atoms with van der Waals surface area (Å²) in [6.45, 7) is 0. The van der Waals surface area contributed by atoms with E-state index in [1.807, 2.05) is 12.1 Å². The minimum Gasteiger partial charge on any atom is -0.271 e. The first-order valence-electron chi connectivity index (χ1n) is 6.23. The predicted molar refractivity (Wildman–Crippen MR) is 81.4 cm³/mol. The van der Waals surface area contributed by atoms with Crippen molar-refractivity contribution in [3.05, 3.63) is 69.5 Å². The maximum atomic E-state index is 13.2. The van der Waals surface area contributed by atoms with Gasteiger partial charge in [0.25, 0.3) is 0 Å². The zero-order valence-electron chi connectivity index (χ0n) is 10.7. The summed E-state index contributed by atoms with van der Waals surface area (Å²) in [5.41, 5.74) is 4.59. The lowest BCUT2D eigenvalue weighted by Gasteiger charge is -2.17. The highest BCUT2D eigenvalue weighted by molar-refractivity contribution is 6.35. The van der Waals surface area contributed by atoms with Gasteiger partial charge in [-0.05, 0) is 48.2 Å². The van der Waals surface area contributed by atoms with Crippen molar-refractivity contribution in [1.29, 1.82) is 0 Å². The standard InChI is InChI=1S/C15H15Cl2FN2/c16-12-5-4-11(15(17)9-12)8-14(20-19)7-10-2-1-3-13(18)6-10/h1-6,9,14,20H,7-8,19H2. The van der Waals surface area contributed by atoms with E-state index in [1.54, 1.807) is 18.2 Å². The monoisotopic (exact) mass is 312 g/mol. The van der Waals surface area contributed by atoms with Crippen molar-refractivity contribution in [3.8, 4) is 0 Å². The number of hydrogen-bond donors (Lipinski definition) is 2. The lowest BCUT2D eigenvalue weighted by atomic mass is 9.99. The van der Waals surface area contributed by atoms with Crippen LogP contribution in [0.15, 0.2) is 42.5 Å². The molecule has 0 spiro atoms. The third kappa shape index (κ3) is 4.18. The Hall–Kier alpha value is -1.13. The summed E-state index contributed by atoms with van der Waals surface area (Å²) in [6.07, 6.45) is 1.26. The normalized spacial score (nSPS) is 12.4. The van der Waals surface area contributed by atoms with Crippen LogP contribution < -0.4 is 11.3 Å². The van der Waals surface area contributed by atoms with Gasteiger partial charge in [-0.1, -0.05) is 41.4 Å². The molecule has 2 rings (SSSR count). The number of hydrogen-bond acceptors (Lipinski definition) is 2. The number of halogens is 3. The molecule has 2 aromatic rings. The second-order valence-electron chi connectivity index (χ2n) is 4.64. The van der Waals surface area contributed by atoms with Gasteiger partial charge in [-0.25, -0.2) is 4.39 Å². The van der Waals surface area contributed by atoms with Crippen molar-refractivity contribution in [2.45, 2.75) is 18.9 Å². The molecule has 0 heterocycles. The molecule has 0 bridgehead atoms. The summed E-state index contributed by atoms with van der Waals surface area (Å²) in [6, 6.07) is 11.8. The molecule has 0 saturated carbocycles. The van der Waals surface area contributed by atoms with E-state index in [0.717, 1.165) is 11.1 Å². The van der Waals surface area contributed by atoms with Crippen LogP contribution in [0, 0.1) is 5.82 Å². The minimum atomic E-state index is -0.247. The van der Waals surface area contributed by atoms with Gasteiger partial charge in [0.15, 0.2) is 0 Å². The van der Waals surface area contributed by atoms with Crippen molar-refractivity contribution in [1.82, 2.24) is 5.43 Å². The highest BCUT2D eigenvalue weighted by Gasteiger charge is 2.12. The maximum Gasteiger partial charge on any atom is 0.123 e. The molecule has 0 radical (unpaired) electrons. The summed E-state index contributed by atoms with van der Waals surface area (Å²) in [4.78, 5) is 0. The van der Waals surface area contributed by atoms with Crippen molar-refractivity contribution < 1.29 is 4.39 Å². The zero-order valence-corrected chi connectivity index (χ0v) is 12.3. The van der Waals surface area contributed by atoms with E-state index >= 15 is 0 Å². The van der Waals surface area contributed by atoms with Crippen molar-refractivity contribution >= 4 is 23.2 Å². The maximum absolute atomic E-state index is 13.2. The van der Waals surface area contributed by atoms with Crippen molar-refractivity contribution in [3.63, 3.8) is 0 Å². The Morgan fingerprint density at radius 2 is 1.90 bits per heavy atom. The molecular formula is C15H15Cl2FN2. The predicted octanol–water partition coefficient (Wildman–Crippen LogP) is 3.75. The molecule has 0 fully saturated rings. The molecular weight excluding hydrogens is 298 g/mol. The van der Waals surface area contributed by atoms with E-state index in [-0.39, 0.29) is 11.9 Å². The Balaban J connectivity index is 2.09. The average Bonchev–Trinajstić information content (AvgIpc) is 2.41. The first kappa shape index (κ1) is 15.3. The van der Waals surface area contributed by atoms with Gasteiger partial charge in [-0.3, -0.25) is 11.3 Å². The van der Waals surface area contributed by atoms with Gasteiger partial charge in [0.1, 0.15) is 5.82 Å². The molecule has 2 aromatic carbocycles. The summed E-state index contributed by atoms with van der Waals surface area (Å²) in [5.74, 6) is 5.33. The number of rotatable bonds is 5. The van der Waals surface area contributed by atoms with E-state index in [4.69, 9.17) is 29.0 Å². The molecule has 0 aliphatic rings. The van der Waals surface area contributed by atoms with E-state index in [0.29, 0.717) is 22.9 Å². The molecule has 0 aliphatic heterocycles. The smallest absolute Gasteiger partial charge is 0.123 e. The van der Waals surface area contributed by atoms with E-state index < -0.39 is 0 Å². The van der Waals surface area contributed by atoms with Crippen molar-refractivity contribution in [2.75, 3.05) is 0 Å². The molecule has 0 aliphatic carbocycles. The Bertz CT molecular complexity index is 590. The summed E-state index contributed by atoms with van der Waals surface area (Å²) < 4.78 is 13.2. The Labute approximate surface area is 127 Å². The van der Waals surface area contributed by atoms with E-state index in [1.165, 1.54) is 12.1 Å². The fraction of sp³-hybridized carbons (Fsp3) is 0.200. The first-order valence-corrected chi connectivity index (χ1v) is 6.98. The van der Waals surface area contributed by atoms with Crippen LogP contribution in [0.25, 0.3) is 0 Å². The average molecular weight is 313 g/mol. The summed E-state index contributed by atoms with van der Waals surface area (Å²) in [5, 5.41) is 1.21. The Morgan fingerprint density at radius 1 is 1.10 bits per heavy atom. The third-order valence-corrected chi connectivity index (χ3v) is 3.68.